The van der Waals surface area contributed by atoms with Crippen molar-refractivity contribution in [2.24, 2.45) is 5.73 Å². The Morgan fingerprint density at radius 2 is 2.25 bits per heavy atom. The number of nitrogens with zero attached hydrogens (tertiary/aromatic N) is 2. The van der Waals surface area contributed by atoms with E-state index < -0.39 is 0 Å². The Morgan fingerprint density at radius 3 is 2.75 bits per heavy atom. The summed E-state index contributed by atoms with van der Waals surface area (Å²) in [5, 5.41) is 0. The minimum absolute atomic E-state index is 0.00662. The van der Waals surface area contributed by atoms with Crippen molar-refractivity contribution < 1.29 is 4.74 Å². The largest absolute Gasteiger partial charge is 0.385 e. The number of hydrogen-bond acceptors (Lipinski definition) is 4. The standard InChI is InChI=1S/C12H21N3O/c1-10(13)12-6-5-11(9-14-12)15(2)7-4-8-16-3/h5-6,9-10H,4,7-8,13H2,1-3H3. The predicted octanol–water partition coefficient (Wildman–Crippen LogP) is 1.57. The summed E-state index contributed by atoms with van der Waals surface area (Å²) in [7, 11) is 3.78. The number of nitrogens with two attached hydrogens (primary N) is 1. The second kappa shape index (κ2) is 6.45. The topological polar surface area (TPSA) is 51.4 Å². The van der Waals surface area contributed by atoms with Gasteiger partial charge in [0.05, 0.1) is 17.6 Å². The van der Waals surface area contributed by atoms with Gasteiger partial charge in [0.1, 0.15) is 0 Å². The highest BCUT2D eigenvalue weighted by atomic mass is 16.5. The highest BCUT2D eigenvalue weighted by molar-refractivity contribution is 5.43. The van der Waals surface area contributed by atoms with Gasteiger partial charge in [-0.3, -0.25) is 4.98 Å². The van der Waals surface area contributed by atoms with Crippen LogP contribution < -0.4 is 10.6 Å². The number of aromatic nitrogens is 1. The second-order valence-electron chi connectivity index (χ2n) is 4.00. The summed E-state index contributed by atoms with van der Waals surface area (Å²) in [4.78, 5) is 6.49. The molecule has 0 aliphatic rings. The van der Waals surface area contributed by atoms with Crippen LogP contribution in [-0.2, 0) is 4.74 Å². The maximum atomic E-state index is 5.75. The smallest absolute Gasteiger partial charge is 0.0569 e. The van der Waals surface area contributed by atoms with Gasteiger partial charge >= 0.3 is 0 Å². The lowest BCUT2D eigenvalue weighted by atomic mass is 10.2. The Kier molecular flexibility index (Phi) is 5.22. The number of methoxy groups -OCH3 is 1. The van der Waals surface area contributed by atoms with Crippen molar-refractivity contribution >= 4 is 5.69 Å². The molecular weight excluding hydrogens is 202 g/mol. The van der Waals surface area contributed by atoms with E-state index in [1.54, 1.807) is 7.11 Å². The van der Waals surface area contributed by atoms with Gasteiger partial charge in [0.25, 0.3) is 0 Å². The summed E-state index contributed by atoms with van der Waals surface area (Å²) in [6.45, 7) is 3.69. The Balaban J connectivity index is 2.52. The Hall–Kier alpha value is -1.13. The van der Waals surface area contributed by atoms with Crippen molar-refractivity contribution in [3.63, 3.8) is 0 Å². The first-order valence-corrected chi connectivity index (χ1v) is 5.56. The van der Waals surface area contributed by atoms with Crippen LogP contribution in [0, 0.1) is 0 Å². The van der Waals surface area contributed by atoms with E-state index in [1.807, 2.05) is 19.2 Å². The van der Waals surface area contributed by atoms with Crippen LogP contribution in [0.15, 0.2) is 18.3 Å². The summed E-state index contributed by atoms with van der Waals surface area (Å²) < 4.78 is 5.02. The molecule has 0 aromatic carbocycles. The summed E-state index contributed by atoms with van der Waals surface area (Å²) in [5.41, 5.74) is 7.78. The minimum Gasteiger partial charge on any atom is -0.385 e. The lowest BCUT2D eigenvalue weighted by Crippen LogP contribution is -2.20. The molecule has 0 bridgehead atoms. The molecule has 0 saturated heterocycles. The molecule has 0 aliphatic heterocycles. The summed E-state index contributed by atoms with van der Waals surface area (Å²) >= 11 is 0. The molecule has 1 aromatic heterocycles. The normalized spacial score (nSPS) is 12.5. The SMILES string of the molecule is COCCCN(C)c1ccc(C(C)N)nc1. The van der Waals surface area contributed by atoms with Crippen LogP contribution in [-0.4, -0.2) is 32.3 Å². The van der Waals surface area contributed by atoms with Crippen LogP contribution in [0.3, 0.4) is 0 Å². The third-order valence-corrected chi connectivity index (χ3v) is 2.52. The second-order valence-corrected chi connectivity index (χ2v) is 4.00. The highest BCUT2D eigenvalue weighted by Gasteiger charge is 2.03. The molecule has 1 atom stereocenters. The quantitative estimate of drug-likeness (QED) is 0.744. The molecule has 0 aliphatic carbocycles. The number of ether oxygens (including phenoxy) is 1. The first kappa shape index (κ1) is 12.9. The van der Waals surface area contributed by atoms with Crippen LogP contribution in [0.25, 0.3) is 0 Å². The van der Waals surface area contributed by atoms with E-state index in [4.69, 9.17) is 10.5 Å². The van der Waals surface area contributed by atoms with Crippen molar-refractivity contribution in [2.75, 3.05) is 32.2 Å². The van der Waals surface area contributed by atoms with E-state index in [-0.39, 0.29) is 6.04 Å². The number of hydrogen-bond donors (Lipinski definition) is 1. The lowest BCUT2D eigenvalue weighted by Gasteiger charge is -2.19. The van der Waals surface area contributed by atoms with Crippen LogP contribution in [0.4, 0.5) is 5.69 Å². The monoisotopic (exact) mass is 223 g/mol. The van der Waals surface area contributed by atoms with Gasteiger partial charge in [-0.05, 0) is 25.5 Å². The molecule has 0 fully saturated rings. The molecular formula is C12H21N3O. The number of anilines is 1. The lowest BCUT2D eigenvalue weighted by molar-refractivity contribution is 0.196. The molecule has 0 radical (unpaired) electrons. The molecule has 2 N–H and O–H groups in total. The molecule has 4 nitrogen and oxygen atoms in total. The van der Waals surface area contributed by atoms with Gasteiger partial charge in [0, 0.05) is 33.4 Å². The summed E-state index contributed by atoms with van der Waals surface area (Å²) in [6.07, 6.45) is 2.88. The van der Waals surface area contributed by atoms with Crippen LogP contribution in [0.1, 0.15) is 25.1 Å². The molecule has 0 saturated carbocycles. The van der Waals surface area contributed by atoms with Crippen LogP contribution in [0.2, 0.25) is 0 Å². The molecule has 4 heteroatoms. The van der Waals surface area contributed by atoms with Crippen molar-refractivity contribution in [2.45, 2.75) is 19.4 Å². The van der Waals surface area contributed by atoms with Crippen molar-refractivity contribution in [1.29, 1.82) is 0 Å². The maximum Gasteiger partial charge on any atom is 0.0569 e. The van der Waals surface area contributed by atoms with Gasteiger partial charge in [0.2, 0.25) is 0 Å². The van der Waals surface area contributed by atoms with E-state index in [9.17, 15) is 0 Å². The molecule has 0 amide bonds. The zero-order valence-electron chi connectivity index (χ0n) is 10.3. The Labute approximate surface area is 97.4 Å². The van der Waals surface area contributed by atoms with E-state index in [0.29, 0.717) is 0 Å². The molecule has 1 rings (SSSR count). The van der Waals surface area contributed by atoms with Crippen LogP contribution in [0.5, 0.6) is 0 Å². The molecule has 16 heavy (non-hydrogen) atoms. The van der Waals surface area contributed by atoms with Gasteiger partial charge in [-0.15, -0.1) is 0 Å². The third-order valence-electron chi connectivity index (χ3n) is 2.52. The first-order valence-electron chi connectivity index (χ1n) is 5.56. The molecule has 90 valence electrons. The van der Waals surface area contributed by atoms with Crippen molar-refractivity contribution in [3.05, 3.63) is 24.0 Å². The highest BCUT2D eigenvalue weighted by Crippen LogP contribution is 2.14. The van der Waals surface area contributed by atoms with Gasteiger partial charge in [-0.25, -0.2) is 0 Å². The fourth-order valence-corrected chi connectivity index (χ4v) is 1.47. The fraction of sp³-hybridized carbons (Fsp3) is 0.583. The van der Waals surface area contributed by atoms with E-state index in [0.717, 1.165) is 31.0 Å². The number of rotatable bonds is 6. The fourth-order valence-electron chi connectivity index (χ4n) is 1.47. The Bertz CT molecular complexity index is 298. The summed E-state index contributed by atoms with van der Waals surface area (Å²) in [5.74, 6) is 0. The zero-order valence-corrected chi connectivity index (χ0v) is 10.3. The van der Waals surface area contributed by atoms with Crippen molar-refractivity contribution in [1.82, 2.24) is 4.98 Å². The zero-order chi connectivity index (χ0) is 12.0. The third kappa shape index (κ3) is 3.79. The first-order chi connectivity index (χ1) is 7.65. The van der Waals surface area contributed by atoms with Gasteiger partial charge < -0.3 is 15.4 Å². The minimum atomic E-state index is -0.00662. The average molecular weight is 223 g/mol. The average Bonchev–Trinajstić information content (AvgIpc) is 2.29. The maximum absolute atomic E-state index is 5.75. The van der Waals surface area contributed by atoms with Crippen LogP contribution >= 0.6 is 0 Å². The van der Waals surface area contributed by atoms with Gasteiger partial charge in [-0.2, -0.15) is 0 Å². The Morgan fingerprint density at radius 1 is 1.50 bits per heavy atom. The van der Waals surface area contributed by atoms with E-state index in [2.05, 4.69) is 23.0 Å². The van der Waals surface area contributed by atoms with Gasteiger partial charge in [-0.1, -0.05) is 0 Å². The molecule has 1 unspecified atom stereocenters. The predicted molar refractivity (Wildman–Crippen MR) is 66.6 cm³/mol. The van der Waals surface area contributed by atoms with E-state index in [1.165, 1.54) is 0 Å². The molecule has 0 spiro atoms. The molecule has 1 heterocycles. The summed E-state index contributed by atoms with van der Waals surface area (Å²) in [6, 6.07) is 4.03. The number of pyridine rings is 1. The van der Waals surface area contributed by atoms with Crippen molar-refractivity contribution in [3.8, 4) is 0 Å². The van der Waals surface area contributed by atoms with E-state index >= 15 is 0 Å². The van der Waals surface area contributed by atoms with Gasteiger partial charge in [0.15, 0.2) is 0 Å². The molecule has 1 aromatic rings.